The molecular formula is C7H5N3O. The summed E-state index contributed by atoms with van der Waals surface area (Å²) in [5.41, 5.74) is 0.331. The quantitative estimate of drug-likeness (QED) is 0.530. The van der Waals surface area contributed by atoms with E-state index in [1.165, 1.54) is 6.07 Å². The van der Waals surface area contributed by atoms with Gasteiger partial charge in [0.1, 0.15) is 0 Å². The molecule has 2 aromatic heterocycles. The van der Waals surface area contributed by atoms with Crippen molar-refractivity contribution < 1.29 is 0 Å². The Kier molecular flexibility index (Phi) is 1.18. The first kappa shape index (κ1) is 6.03. The van der Waals surface area contributed by atoms with E-state index >= 15 is 0 Å². The Bertz CT molecular complexity index is 435. The van der Waals surface area contributed by atoms with Gasteiger partial charge in [-0.25, -0.2) is 4.52 Å². The summed E-state index contributed by atoms with van der Waals surface area (Å²) in [6.07, 6.45) is 3.23. The van der Waals surface area contributed by atoms with Crippen LogP contribution in [0, 0.1) is 0 Å². The number of aromatic nitrogens is 3. The molecule has 54 valence electrons. The minimum atomic E-state index is -0.238. The predicted molar refractivity (Wildman–Crippen MR) is 39.3 cm³/mol. The van der Waals surface area contributed by atoms with Gasteiger partial charge in [-0.05, 0) is 12.1 Å². The third-order valence-corrected chi connectivity index (χ3v) is 1.34. The van der Waals surface area contributed by atoms with Gasteiger partial charge in [0.25, 0.3) is 5.56 Å². The van der Waals surface area contributed by atoms with E-state index < -0.39 is 0 Å². The van der Waals surface area contributed by atoms with E-state index in [9.17, 15) is 4.79 Å². The second-order valence-electron chi connectivity index (χ2n) is 2.09. The van der Waals surface area contributed by atoms with Gasteiger partial charge in [-0.2, -0.15) is 10.1 Å². The van der Waals surface area contributed by atoms with Crippen molar-refractivity contribution in [3.63, 3.8) is 0 Å². The molecular weight excluding hydrogens is 142 g/mol. The first-order valence-corrected chi connectivity index (χ1v) is 3.17. The fourth-order valence-electron chi connectivity index (χ4n) is 0.863. The first-order chi connectivity index (χ1) is 5.36. The molecule has 0 fully saturated rings. The van der Waals surface area contributed by atoms with Crippen LogP contribution < -0.4 is 5.56 Å². The summed E-state index contributed by atoms with van der Waals surface area (Å²) in [6, 6.07) is 4.84. The monoisotopic (exact) mass is 147 g/mol. The molecule has 4 heteroatoms. The van der Waals surface area contributed by atoms with Gasteiger partial charge < -0.3 is 0 Å². The van der Waals surface area contributed by atoms with Crippen molar-refractivity contribution in [2.75, 3.05) is 0 Å². The third-order valence-electron chi connectivity index (χ3n) is 1.34. The van der Waals surface area contributed by atoms with Crippen LogP contribution in [0.3, 0.4) is 0 Å². The molecule has 2 aromatic rings. The fourth-order valence-corrected chi connectivity index (χ4v) is 0.863. The molecule has 0 aliphatic heterocycles. The van der Waals surface area contributed by atoms with Gasteiger partial charge in [0, 0.05) is 18.5 Å². The highest BCUT2D eigenvalue weighted by Crippen LogP contribution is 1.89. The Balaban J connectivity index is 2.94. The first-order valence-electron chi connectivity index (χ1n) is 3.17. The van der Waals surface area contributed by atoms with Crippen molar-refractivity contribution in [3.8, 4) is 0 Å². The number of nitrogens with zero attached hydrogens (tertiary/aromatic N) is 3. The lowest BCUT2D eigenvalue weighted by Crippen LogP contribution is -2.07. The number of rotatable bonds is 0. The molecule has 0 aliphatic carbocycles. The molecule has 0 unspecified atom stereocenters. The Hall–Kier alpha value is -1.71. The highest BCUT2D eigenvalue weighted by molar-refractivity contribution is 5.33. The van der Waals surface area contributed by atoms with Crippen molar-refractivity contribution in [1.82, 2.24) is 14.6 Å². The topological polar surface area (TPSA) is 47.3 Å². The van der Waals surface area contributed by atoms with E-state index in [1.54, 1.807) is 29.0 Å². The molecule has 4 nitrogen and oxygen atoms in total. The van der Waals surface area contributed by atoms with E-state index in [1.807, 2.05) is 0 Å². The Morgan fingerprint density at radius 2 is 2.27 bits per heavy atom. The average Bonchev–Trinajstić information content (AvgIpc) is 2.04. The molecule has 0 bridgehead atoms. The van der Waals surface area contributed by atoms with Crippen LogP contribution in [0.5, 0.6) is 0 Å². The molecule has 0 atom stereocenters. The van der Waals surface area contributed by atoms with Crippen LogP contribution in [-0.2, 0) is 0 Å². The van der Waals surface area contributed by atoms with E-state index in [2.05, 4.69) is 10.1 Å². The molecule has 0 spiro atoms. The molecule has 0 aromatic carbocycles. The van der Waals surface area contributed by atoms with E-state index in [0.717, 1.165) is 0 Å². The van der Waals surface area contributed by atoms with Crippen molar-refractivity contribution in [2.24, 2.45) is 0 Å². The van der Waals surface area contributed by atoms with Gasteiger partial charge in [0.2, 0.25) is 0 Å². The van der Waals surface area contributed by atoms with Gasteiger partial charge in [-0.1, -0.05) is 0 Å². The van der Waals surface area contributed by atoms with Crippen molar-refractivity contribution in [3.05, 3.63) is 40.9 Å². The zero-order chi connectivity index (χ0) is 7.68. The van der Waals surface area contributed by atoms with Crippen LogP contribution in [0.15, 0.2) is 35.4 Å². The lowest BCUT2D eigenvalue weighted by molar-refractivity contribution is 0.894. The predicted octanol–water partition coefficient (Wildman–Crippen LogP) is 0.0895. The largest absolute Gasteiger partial charge is 0.273 e. The summed E-state index contributed by atoms with van der Waals surface area (Å²) in [6.45, 7) is 0. The summed E-state index contributed by atoms with van der Waals surface area (Å²) in [5, 5.41) is 3.94. The van der Waals surface area contributed by atoms with Crippen molar-refractivity contribution in [1.29, 1.82) is 0 Å². The zero-order valence-electron chi connectivity index (χ0n) is 5.64. The minimum absolute atomic E-state index is 0.238. The highest BCUT2D eigenvalue weighted by atomic mass is 16.1. The zero-order valence-corrected chi connectivity index (χ0v) is 5.64. The molecule has 11 heavy (non-hydrogen) atoms. The summed E-state index contributed by atoms with van der Waals surface area (Å²) in [4.78, 5) is 14.5. The Labute approximate surface area is 62.1 Å². The second-order valence-corrected chi connectivity index (χ2v) is 2.09. The van der Waals surface area contributed by atoms with Gasteiger partial charge in [0.15, 0.2) is 5.65 Å². The van der Waals surface area contributed by atoms with E-state index in [-0.39, 0.29) is 5.56 Å². The normalized spacial score (nSPS) is 10.2. The van der Waals surface area contributed by atoms with Crippen LogP contribution >= 0.6 is 0 Å². The Morgan fingerprint density at radius 1 is 1.36 bits per heavy atom. The lowest BCUT2D eigenvalue weighted by atomic mass is 10.5. The highest BCUT2D eigenvalue weighted by Gasteiger charge is 1.90. The van der Waals surface area contributed by atoms with Gasteiger partial charge in [0.05, 0.1) is 0 Å². The molecule has 0 aliphatic rings. The molecule has 2 heterocycles. The second kappa shape index (κ2) is 2.16. The minimum Gasteiger partial charge on any atom is -0.267 e. The smallest absolute Gasteiger partial charge is 0.267 e. The van der Waals surface area contributed by atoms with Crippen molar-refractivity contribution >= 4 is 5.65 Å². The fraction of sp³-hybridized carbons (Fsp3) is 0. The van der Waals surface area contributed by atoms with Crippen LogP contribution in [0.25, 0.3) is 5.65 Å². The molecule has 0 radical (unpaired) electrons. The van der Waals surface area contributed by atoms with Gasteiger partial charge in [-0.3, -0.25) is 4.79 Å². The SMILES string of the molecule is O=c1ccn2ncccc2n1. The summed E-state index contributed by atoms with van der Waals surface area (Å²) in [7, 11) is 0. The molecule has 0 saturated heterocycles. The maximum absolute atomic E-state index is 10.7. The summed E-state index contributed by atoms with van der Waals surface area (Å²) in [5.74, 6) is 0. The summed E-state index contributed by atoms with van der Waals surface area (Å²) < 4.78 is 1.54. The van der Waals surface area contributed by atoms with Crippen LogP contribution in [0.1, 0.15) is 0 Å². The molecule has 2 rings (SSSR count). The van der Waals surface area contributed by atoms with Gasteiger partial charge in [-0.15, -0.1) is 0 Å². The van der Waals surface area contributed by atoms with E-state index in [4.69, 9.17) is 0 Å². The average molecular weight is 147 g/mol. The van der Waals surface area contributed by atoms with E-state index in [0.29, 0.717) is 5.65 Å². The van der Waals surface area contributed by atoms with Crippen LogP contribution in [0.4, 0.5) is 0 Å². The maximum Gasteiger partial charge on any atom is 0.273 e. The molecule has 0 saturated carbocycles. The molecule has 0 N–H and O–H groups in total. The maximum atomic E-state index is 10.7. The third kappa shape index (κ3) is 0.980. The summed E-state index contributed by atoms with van der Waals surface area (Å²) >= 11 is 0. The van der Waals surface area contributed by atoms with Crippen LogP contribution in [-0.4, -0.2) is 14.6 Å². The standard InChI is InChI=1S/C7H5N3O/c11-7-3-5-10-6(9-7)2-1-4-8-10/h1-5H. The van der Waals surface area contributed by atoms with Crippen molar-refractivity contribution in [2.45, 2.75) is 0 Å². The lowest BCUT2D eigenvalue weighted by Gasteiger charge is -1.93. The van der Waals surface area contributed by atoms with Crippen LogP contribution in [0.2, 0.25) is 0 Å². The number of hydrogen-bond acceptors (Lipinski definition) is 3. The molecule has 0 amide bonds. The number of fused-ring (bicyclic) bond motifs is 1. The van der Waals surface area contributed by atoms with Gasteiger partial charge >= 0.3 is 0 Å². The number of hydrogen-bond donors (Lipinski definition) is 0. The Morgan fingerprint density at radius 3 is 3.18 bits per heavy atom.